The molecule has 0 radical (unpaired) electrons. The summed E-state index contributed by atoms with van der Waals surface area (Å²) >= 11 is 5.93. The molecule has 2 aromatic carbocycles. The molecule has 0 atom stereocenters. The molecule has 0 unspecified atom stereocenters. The Morgan fingerprint density at radius 1 is 1.06 bits per heavy atom. The van der Waals surface area contributed by atoms with E-state index in [9.17, 15) is 9.59 Å². The average Bonchev–Trinajstić information content (AvgIpc) is 3.44. The number of para-hydroxylation sites is 2. The van der Waals surface area contributed by atoms with Gasteiger partial charge in [-0.2, -0.15) is 0 Å². The highest BCUT2D eigenvalue weighted by atomic mass is 35.5. The Balaban J connectivity index is 1.45. The third-order valence-corrected chi connectivity index (χ3v) is 4.76. The summed E-state index contributed by atoms with van der Waals surface area (Å²) in [6.45, 7) is 0.341. The number of carbonyl (C=O) groups is 2. The number of aromatic nitrogens is 2. The van der Waals surface area contributed by atoms with Crippen LogP contribution in [0.5, 0.6) is 0 Å². The Labute approximate surface area is 183 Å². The fourth-order valence-electron chi connectivity index (χ4n) is 2.99. The minimum absolute atomic E-state index is 0.0910. The number of H-pyrrole nitrogens is 1. The number of carbonyl (C=O) groups excluding carboxylic acids is 2. The molecule has 0 spiro atoms. The van der Waals surface area contributed by atoms with Gasteiger partial charge in [-0.15, -0.1) is 0 Å². The number of benzene rings is 2. The Kier molecular flexibility index (Phi) is 6.14. The molecule has 0 bridgehead atoms. The second-order valence-electron chi connectivity index (χ2n) is 6.75. The zero-order valence-corrected chi connectivity index (χ0v) is 17.1. The summed E-state index contributed by atoms with van der Waals surface area (Å²) in [4.78, 5) is 32.9. The number of halogens is 1. The standard InChI is InChI=1S/C23H19ClN4O3/c24-16-9-7-15(8-10-16)14-19(28-23(30)20-6-3-13-31-20)22(29)25-12-11-21-26-17-4-1-2-5-18(17)27-21/h1-10,13-14H,11-12H2,(H,25,29)(H,26,27)(H,28,30). The van der Waals surface area contributed by atoms with Crippen molar-refractivity contribution < 1.29 is 14.0 Å². The predicted octanol–water partition coefficient (Wildman–Crippen LogP) is 3.94. The number of furan rings is 1. The second kappa shape index (κ2) is 9.32. The molecule has 0 saturated carbocycles. The molecule has 4 rings (SSSR count). The summed E-state index contributed by atoms with van der Waals surface area (Å²) < 4.78 is 5.11. The van der Waals surface area contributed by atoms with Crippen LogP contribution in [0, 0.1) is 0 Å². The van der Waals surface area contributed by atoms with E-state index in [0.717, 1.165) is 16.9 Å². The van der Waals surface area contributed by atoms with Gasteiger partial charge in [0, 0.05) is 18.0 Å². The predicted molar refractivity (Wildman–Crippen MR) is 118 cm³/mol. The van der Waals surface area contributed by atoms with Gasteiger partial charge in [-0.05, 0) is 48.0 Å². The van der Waals surface area contributed by atoms with Crippen LogP contribution >= 0.6 is 11.6 Å². The lowest BCUT2D eigenvalue weighted by Crippen LogP contribution is -2.35. The van der Waals surface area contributed by atoms with Gasteiger partial charge in [-0.3, -0.25) is 9.59 Å². The Morgan fingerprint density at radius 2 is 1.87 bits per heavy atom. The summed E-state index contributed by atoms with van der Waals surface area (Å²) in [5, 5.41) is 6.01. The molecule has 2 heterocycles. The molecular formula is C23H19ClN4O3. The second-order valence-corrected chi connectivity index (χ2v) is 7.18. The van der Waals surface area contributed by atoms with Crippen LogP contribution in [0.2, 0.25) is 5.02 Å². The topological polar surface area (TPSA) is 100 Å². The molecule has 0 fully saturated rings. The molecule has 31 heavy (non-hydrogen) atoms. The van der Waals surface area contributed by atoms with Gasteiger partial charge in [0.05, 0.1) is 17.3 Å². The Hall–Kier alpha value is -3.84. The lowest BCUT2D eigenvalue weighted by molar-refractivity contribution is -0.117. The van der Waals surface area contributed by atoms with Crippen LogP contribution in [0.25, 0.3) is 17.1 Å². The number of hydrogen-bond donors (Lipinski definition) is 3. The van der Waals surface area contributed by atoms with E-state index < -0.39 is 11.8 Å². The quantitative estimate of drug-likeness (QED) is 0.383. The maximum Gasteiger partial charge on any atom is 0.291 e. The number of aromatic amines is 1. The van der Waals surface area contributed by atoms with Gasteiger partial charge in [-0.25, -0.2) is 4.98 Å². The molecule has 156 valence electrons. The monoisotopic (exact) mass is 434 g/mol. The first kappa shape index (κ1) is 20.4. The van der Waals surface area contributed by atoms with Gasteiger partial charge in [-0.1, -0.05) is 35.9 Å². The number of imidazole rings is 1. The van der Waals surface area contributed by atoms with Crippen molar-refractivity contribution in [3.05, 3.63) is 94.8 Å². The van der Waals surface area contributed by atoms with Gasteiger partial charge in [0.2, 0.25) is 0 Å². The van der Waals surface area contributed by atoms with Crippen LogP contribution in [0.3, 0.4) is 0 Å². The first-order valence-electron chi connectivity index (χ1n) is 9.62. The van der Waals surface area contributed by atoms with Gasteiger partial charge < -0.3 is 20.0 Å². The number of rotatable bonds is 7. The van der Waals surface area contributed by atoms with Gasteiger partial charge in [0.1, 0.15) is 11.5 Å². The summed E-state index contributed by atoms with van der Waals surface area (Å²) in [7, 11) is 0. The molecule has 7 nitrogen and oxygen atoms in total. The van der Waals surface area contributed by atoms with Crippen LogP contribution in [0.1, 0.15) is 21.9 Å². The minimum atomic E-state index is -0.516. The van der Waals surface area contributed by atoms with Crippen LogP contribution < -0.4 is 10.6 Å². The molecule has 2 amide bonds. The highest BCUT2D eigenvalue weighted by molar-refractivity contribution is 6.30. The first-order valence-corrected chi connectivity index (χ1v) is 10.0. The van der Waals surface area contributed by atoms with E-state index in [4.69, 9.17) is 16.0 Å². The number of nitrogens with one attached hydrogen (secondary N) is 3. The van der Waals surface area contributed by atoms with E-state index in [1.165, 1.54) is 12.3 Å². The van der Waals surface area contributed by atoms with Crippen molar-refractivity contribution in [2.24, 2.45) is 0 Å². The zero-order valence-electron chi connectivity index (χ0n) is 16.4. The Bertz CT molecular complexity index is 1190. The van der Waals surface area contributed by atoms with Crippen molar-refractivity contribution in [3.63, 3.8) is 0 Å². The van der Waals surface area contributed by atoms with Crippen molar-refractivity contribution in [2.75, 3.05) is 6.54 Å². The van der Waals surface area contributed by atoms with Crippen molar-refractivity contribution in [2.45, 2.75) is 6.42 Å². The van der Waals surface area contributed by atoms with Crippen LogP contribution in [0.4, 0.5) is 0 Å². The van der Waals surface area contributed by atoms with Gasteiger partial charge >= 0.3 is 0 Å². The van der Waals surface area contributed by atoms with Crippen molar-refractivity contribution in [1.82, 2.24) is 20.6 Å². The third-order valence-electron chi connectivity index (χ3n) is 4.50. The van der Waals surface area contributed by atoms with Crippen molar-refractivity contribution in [3.8, 4) is 0 Å². The molecule has 8 heteroatoms. The van der Waals surface area contributed by atoms with Gasteiger partial charge in [0.15, 0.2) is 5.76 Å². The fraction of sp³-hybridized carbons (Fsp3) is 0.0870. The highest BCUT2D eigenvalue weighted by Gasteiger charge is 2.16. The fourth-order valence-corrected chi connectivity index (χ4v) is 3.12. The smallest absolute Gasteiger partial charge is 0.291 e. The SMILES string of the molecule is O=C(NCCc1nc2ccccc2[nH]1)C(=Cc1ccc(Cl)cc1)NC(=O)c1ccco1. The summed E-state index contributed by atoms with van der Waals surface area (Å²) in [6.07, 6.45) is 3.49. The Morgan fingerprint density at radius 3 is 2.61 bits per heavy atom. The van der Waals surface area contributed by atoms with Crippen molar-refractivity contribution >= 4 is 40.5 Å². The molecule has 4 aromatic rings. The lowest BCUT2D eigenvalue weighted by Gasteiger charge is -2.10. The van der Waals surface area contributed by atoms with E-state index in [1.807, 2.05) is 24.3 Å². The number of nitrogens with zero attached hydrogens (tertiary/aromatic N) is 1. The van der Waals surface area contributed by atoms with E-state index in [-0.39, 0.29) is 11.5 Å². The molecule has 0 aliphatic heterocycles. The third kappa shape index (κ3) is 5.21. The molecular weight excluding hydrogens is 416 g/mol. The molecule has 2 aromatic heterocycles. The van der Waals surface area contributed by atoms with Crippen LogP contribution in [-0.4, -0.2) is 28.3 Å². The first-order chi connectivity index (χ1) is 15.1. The van der Waals surface area contributed by atoms with E-state index in [1.54, 1.807) is 36.4 Å². The van der Waals surface area contributed by atoms with E-state index in [0.29, 0.717) is 23.6 Å². The maximum absolute atomic E-state index is 12.8. The molecule has 3 N–H and O–H groups in total. The van der Waals surface area contributed by atoms with E-state index in [2.05, 4.69) is 20.6 Å². The summed E-state index contributed by atoms with van der Waals surface area (Å²) in [5.41, 5.74) is 2.62. The van der Waals surface area contributed by atoms with Crippen LogP contribution in [-0.2, 0) is 11.2 Å². The zero-order chi connectivity index (χ0) is 21.6. The summed E-state index contributed by atoms with van der Waals surface area (Å²) in [6, 6.07) is 17.8. The highest BCUT2D eigenvalue weighted by Crippen LogP contribution is 2.13. The molecule has 0 saturated heterocycles. The van der Waals surface area contributed by atoms with Crippen LogP contribution in [0.15, 0.2) is 77.0 Å². The lowest BCUT2D eigenvalue weighted by atomic mass is 10.2. The maximum atomic E-state index is 12.8. The number of fused-ring (bicyclic) bond motifs is 1. The largest absolute Gasteiger partial charge is 0.459 e. The molecule has 0 aliphatic rings. The van der Waals surface area contributed by atoms with E-state index >= 15 is 0 Å². The summed E-state index contributed by atoms with van der Waals surface area (Å²) in [5.74, 6) is -0.0648. The number of hydrogen-bond acceptors (Lipinski definition) is 4. The number of amides is 2. The molecule has 0 aliphatic carbocycles. The average molecular weight is 435 g/mol. The van der Waals surface area contributed by atoms with Gasteiger partial charge in [0.25, 0.3) is 11.8 Å². The normalized spacial score (nSPS) is 11.5. The minimum Gasteiger partial charge on any atom is -0.459 e. The van der Waals surface area contributed by atoms with Crippen molar-refractivity contribution in [1.29, 1.82) is 0 Å².